The van der Waals surface area contributed by atoms with Crippen LogP contribution in [0, 0.1) is 6.92 Å². The zero-order valence-electron chi connectivity index (χ0n) is 12.2. The number of rotatable bonds is 7. The highest BCUT2D eigenvalue weighted by molar-refractivity contribution is 7.80. The fraction of sp³-hybridized carbons (Fsp3) is 0.500. The molecule has 0 aliphatic heterocycles. The lowest BCUT2D eigenvalue weighted by Crippen LogP contribution is -2.33. The van der Waals surface area contributed by atoms with Crippen LogP contribution in [0.2, 0.25) is 0 Å². The van der Waals surface area contributed by atoms with Crippen molar-refractivity contribution >= 4 is 28.9 Å². The van der Waals surface area contributed by atoms with Crippen molar-refractivity contribution in [2.24, 2.45) is 5.73 Å². The summed E-state index contributed by atoms with van der Waals surface area (Å²) >= 11 is 5.03. The summed E-state index contributed by atoms with van der Waals surface area (Å²) in [5, 5.41) is 6.03. The molecule has 0 aromatic carbocycles. The Balaban J connectivity index is 2.57. The molecule has 5 nitrogen and oxygen atoms in total. The molecule has 0 radical (unpaired) electrons. The van der Waals surface area contributed by atoms with Crippen LogP contribution in [0.25, 0.3) is 0 Å². The fourth-order valence-electron chi connectivity index (χ4n) is 1.75. The molecule has 0 saturated carbocycles. The summed E-state index contributed by atoms with van der Waals surface area (Å²) in [6, 6.07) is 2.06. The third kappa shape index (κ3) is 4.77. The smallest absolute Gasteiger partial charge is 0.221 e. The van der Waals surface area contributed by atoms with E-state index in [1.54, 1.807) is 6.20 Å². The van der Waals surface area contributed by atoms with E-state index >= 15 is 0 Å². The molecule has 1 atom stereocenters. The van der Waals surface area contributed by atoms with Gasteiger partial charge in [0.2, 0.25) is 5.91 Å². The first-order chi connectivity index (χ1) is 9.45. The molecule has 0 bridgehead atoms. The molecule has 1 heterocycles. The zero-order chi connectivity index (χ0) is 15.1. The van der Waals surface area contributed by atoms with Crippen molar-refractivity contribution in [2.45, 2.75) is 39.7 Å². The number of anilines is 1. The van der Waals surface area contributed by atoms with Gasteiger partial charge in [-0.25, -0.2) is 4.98 Å². The van der Waals surface area contributed by atoms with Crippen molar-refractivity contribution in [1.82, 2.24) is 10.3 Å². The maximum absolute atomic E-state index is 11.7. The Labute approximate surface area is 125 Å². The number of carbonyl (C=O) groups is 1. The lowest BCUT2D eigenvalue weighted by molar-refractivity contribution is -0.121. The number of nitrogens with one attached hydrogen (secondary N) is 2. The number of hydrogen-bond acceptors (Lipinski definition) is 4. The number of aromatic nitrogens is 1. The van der Waals surface area contributed by atoms with Crippen molar-refractivity contribution in [2.75, 3.05) is 11.9 Å². The Kier molecular flexibility index (Phi) is 6.38. The summed E-state index contributed by atoms with van der Waals surface area (Å²) in [5.74, 6) is 0.658. The van der Waals surface area contributed by atoms with Crippen molar-refractivity contribution in [3.8, 4) is 0 Å². The van der Waals surface area contributed by atoms with Gasteiger partial charge in [0.1, 0.15) is 10.8 Å². The van der Waals surface area contributed by atoms with Crippen LogP contribution in [0.15, 0.2) is 12.3 Å². The Bertz CT molecular complexity index is 490. The van der Waals surface area contributed by atoms with E-state index in [0.29, 0.717) is 23.8 Å². The van der Waals surface area contributed by atoms with Gasteiger partial charge in [-0.3, -0.25) is 4.79 Å². The van der Waals surface area contributed by atoms with Crippen LogP contribution in [0.5, 0.6) is 0 Å². The van der Waals surface area contributed by atoms with Crippen LogP contribution in [0.1, 0.15) is 37.8 Å². The molecule has 0 spiro atoms. The molecule has 0 saturated heterocycles. The van der Waals surface area contributed by atoms with Gasteiger partial charge in [-0.2, -0.15) is 0 Å². The average molecular weight is 294 g/mol. The average Bonchev–Trinajstić information content (AvgIpc) is 2.38. The maximum Gasteiger partial charge on any atom is 0.221 e. The quantitative estimate of drug-likeness (QED) is 0.668. The van der Waals surface area contributed by atoms with Crippen molar-refractivity contribution in [3.63, 3.8) is 0 Å². The minimum Gasteiger partial charge on any atom is -0.389 e. The third-order valence-electron chi connectivity index (χ3n) is 3.07. The second-order valence-corrected chi connectivity index (χ2v) is 5.21. The highest BCUT2D eigenvalue weighted by Crippen LogP contribution is 2.16. The molecule has 1 amide bonds. The van der Waals surface area contributed by atoms with Gasteiger partial charge in [0.05, 0.1) is 5.56 Å². The van der Waals surface area contributed by atoms with Gasteiger partial charge in [-0.15, -0.1) is 0 Å². The zero-order valence-corrected chi connectivity index (χ0v) is 13.0. The van der Waals surface area contributed by atoms with Crippen LogP contribution in [0.3, 0.4) is 0 Å². The van der Waals surface area contributed by atoms with E-state index in [1.165, 1.54) is 0 Å². The van der Waals surface area contributed by atoms with E-state index in [1.807, 2.05) is 26.8 Å². The first kappa shape index (κ1) is 16.4. The van der Waals surface area contributed by atoms with Crippen molar-refractivity contribution < 1.29 is 4.79 Å². The van der Waals surface area contributed by atoms with E-state index in [9.17, 15) is 4.79 Å². The van der Waals surface area contributed by atoms with E-state index in [-0.39, 0.29) is 11.9 Å². The Morgan fingerprint density at radius 3 is 2.85 bits per heavy atom. The van der Waals surface area contributed by atoms with Crippen LogP contribution in [-0.2, 0) is 4.79 Å². The predicted molar refractivity (Wildman–Crippen MR) is 85.9 cm³/mol. The SMILES string of the molecule is CCC(C)NC(=O)CCNc1nccc(C)c1C(N)=S. The first-order valence-corrected chi connectivity index (χ1v) is 7.15. The van der Waals surface area contributed by atoms with Gasteiger partial charge in [0, 0.05) is 25.2 Å². The number of pyridine rings is 1. The van der Waals surface area contributed by atoms with Gasteiger partial charge in [-0.1, -0.05) is 19.1 Å². The second kappa shape index (κ2) is 7.79. The fourth-order valence-corrected chi connectivity index (χ4v) is 2.00. The van der Waals surface area contributed by atoms with Crippen LogP contribution in [0.4, 0.5) is 5.82 Å². The number of hydrogen-bond donors (Lipinski definition) is 3. The van der Waals surface area contributed by atoms with Gasteiger partial charge in [0.15, 0.2) is 0 Å². The van der Waals surface area contributed by atoms with Gasteiger partial charge in [-0.05, 0) is 31.9 Å². The number of nitrogens with zero attached hydrogens (tertiary/aromatic N) is 1. The second-order valence-electron chi connectivity index (χ2n) is 4.77. The highest BCUT2D eigenvalue weighted by atomic mass is 32.1. The summed E-state index contributed by atoms with van der Waals surface area (Å²) in [5.41, 5.74) is 7.41. The van der Waals surface area contributed by atoms with E-state index < -0.39 is 0 Å². The summed E-state index contributed by atoms with van der Waals surface area (Å²) < 4.78 is 0. The molecule has 0 fully saturated rings. The largest absolute Gasteiger partial charge is 0.389 e. The number of nitrogens with two attached hydrogens (primary N) is 1. The normalized spacial score (nSPS) is 11.8. The van der Waals surface area contributed by atoms with Gasteiger partial charge >= 0.3 is 0 Å². The molecule has 1 aromatic heterocycles. The number of aryl methyl sites for hydroxylation is 1. The number of thiocarbonyl (C=S) groups is 1. The molecule has 1 rings (SSSR count). The van der Waals surface area contributed by atoms with Gasteiger partial charge < -0.3 is 16.4 Å². The number of amides is 1. The summed E-state index contributed by atoms with van der Waals surface area (Å²) in [7, 11) is 0. The molecule has 110 valence electrons. The minimum absolute atomic E-state index is 0.0244. The minimum atomic E-state index is 0.0244. The van der Waals surface area contributed by atoms with Crippen LogP contribution in [-0.4, -0.2) is 28.5 Å². The molecule has 1 aromatic rings. The molecule has 4 N–H and O–H groups in total. The van der Waals surface area contributed by atoms with Crippen LogP contribution < -0.4 is 16.4 Å². The topological polar surface area (TPSA) is 80.0 Å². The summed E-state index contributed by atoms with van der Waals surface area (Å²) in [4.78, 5) is 16.2. The Morgan fingerprint density at radius 1 is 1.55 bits per heavy atom. The molecule has 0 aliphatic rings. The molecule has 20 heavy (non-hydrogen) atoms. The standard InChI is InChI=1S/C14H22N4OS/c1-4-10(3)18-11(19)6-8-17-14-12(13(15)20)9(2)5-7-16-14/h5,7,10H,4,6,8H2,1-3H3,(H2,15,20)(H,16,17)(H,18,19). The van der Waals surface area contributed by atoms with E-state index in [2.05, 4.69) is 15.6 Å². The monoisotopic (exact) mass is 294 g/mol. The molecule has 1 unspecified atom stereocenters. The van der Waals surface area contributed by atoms with E-state index in [0.717, 1.165) is 17.5 Å². The molecule has 6 heteroatoms. The lowest BCUT2D eigenvalue weighted by Gasteiger charge is -2.13. The van der Waals surface area contributed by atoms with Gasteiger partial charge in [0.25, 0.3) is 0 Å². The first-order valence-electron chi connectivity index (χ1n) is 6.74. The van der Waals surface area contributed by atoms with Crippen molar-refractivity contribution in [3.05, 3.63) is 23.4 Å². The number of carbonyl (C=O) groups excluding carboxylic acids is 1. The predicted octanol–water partition coefficient (Wildman–Crippen LogP) is 1.74. The molecular weight excluding hydrogens is 272 g/mol. The van der Waals surface area contributed by atoms with Crippen LogP contribution >= 0.6 is 12.2 Å². The summed E-state index contributed by atoms with van der Waals surface area (Å²) in [6.07, 6.45) is 3.00. The Hall–Kier alpha value is -1.69. The summed E-state index contributed by atoms with van der Waals surface area (Å²) in [6.45, 7) is 6.44. The molecular formula is C14H22N4OS. The molecule has 0 aliphatic carbocycles. The Morgan fingerprint density at radius 2 is 2.25 bits per heavy atom. The van der Waals surface area contributed by atoms with E-state index in [4.69, 9.17) is 18.0 Å². The highest BCUT2D eigenvalue weighted by Gasteiger charge is 2.10. The third-order valence-corrected chi connectivity index (χ3v) is 3.27. The maximum atomic E-state index is 11.7. The lowest BCUT2D eigenvalue weighted by atomic mass is 10.1. The van der Waals surface area contributed by atoms with Crippen molar-refractivity contribution in [1.29, 1.82) is 0 Å².